The average molecular weight is 311 g/mol. The van der Waals surface area contributed by atoms with Crippen LogP contribution in [0.5, 0.6) is 0 Å². The normalized spacial score (nSPS) is 18.1. The van der Waals surface area contributed by atoms with Crippen molar-refractivity contribution in [3.8, 4) is 0 Å². The van der Waals surface area contributed by atoms with Crippen LogP contribution in [0.1, 0.15) is 37.8 Å². The Bertz CT molecular complexity index is 361. The van der Waals surface area contributed by atoms with Gasteiger partial charge in [-0.15, -0.1) is 0 Å². The number of hydrogen-bond acceptors (Lipinski definition) is 2. The quantitative estimate of drug-likeness (QED) is 0.864. The van der Waals surface area contributed by atoms with Gasteiger partial charge in [-0.1, -0.05) is 35.0 Å². The molecule has 0 radical (unpaired) electrons. The highest BCUT2D eigenvalue weighted by Gasteiger charge is 2.12. The molecule has 1 fully saturated rings. The number of halogens is 1. The first kappa shape index (κ1) is 14.0. The molecule has 2 rings (SSSR count). The predicted molar refractivity (Wildman–Crippen MR) is 80.9 cm³/mol. The van der Waals surface area contributed by atoms with Crippen LogP contribution in [0.2, 0.25) is 0 Å². The average Bonchev–Trinajstić information content (AvgIpc) is 2.88. The van der Waals surface area contributed by atoms with Gasteiger partial charge in [0.25, 0.3) is 0 Å². The van der Waals surface area contributed by atoms with Crippen LogP contribution in [-0.4, -0.2) is 31.1 Å². The van der Waals surface area contributed by atoms with Gasteiger partial charge in [-0.05, 0) is 50.0 Å². The monoisotopic (exact) mass is 310 g/mol. The lowest BCUT2D eigenvalue weighted by Gasteiger charge is -2.20. The number of hydrogen-bond donors (Lipinski definition) is 1. The molecule has 1 atom stereocenters. The zero-order chi connectivity index (χ0) is 12.8. The van der Waals surface area contributed by atoms with Crippen LogP contribution in [0, 0.1) is 0 Å². The topological polar surface area (TPSA) is 15.3 Å². The molecule has 1 unspecified atom stereocenters. The van der Waals surface area contributed by atoms with Crippen LogP contribution in [-0.2, 0) is 0 Å². The van der Waals surface area contributed by atoms with Gasteiger partial charge in [-0.2, -0.15) is 0 Å². The van der Waals surface area contributed by atoms with E-state index in [1.54, 1.807) is 0 Å². The van der Waals surface area contributed by atoms with Crippen molar-refractivity contribution >= 4 is 15.9 Å². The molecule has 1 aliphatic heterocycles. The van der Waals surface area contributed by atoms with Gasteiger partial charge < -0.3 is 10.2 Å². The van der Waals surface area contributed by atoms with Crippen molar-refractivity contribution < 1.29 is 0 Å². The molecule has 0 aliphatic carbocycles. The minimum Gasteiger partial charge on any atom is -0.309 e. The Morgan fingerprint density at radius 3 is 2.78 bits per heavy atom. The fourth-order valence-corrected chi connectivity index (χ4v) is 3.04. The summed E-state index contributed by atoms with van der Waals surface area (Å²) >= 11 is 3.55. The van der Waals surface area contributed by atoms with Crippen LogP contribution in [0.15, 0.2) is 28.7 Å². The van der Waals surface area contributed by atoms with E-state index < -0.39 is 0 Å². The van der Waals surface area contributed by atoms with Gasteiger partial charge in [0.2, 0.25) is 0 Å². The Labute approximate surface area is 119 Å². The molecular formula is C15H23BrN2. The number of nitrogens with one attached hydrogen (secondary N) is 1. The van der Waals surface area contributed by atoms with Crippen LogP contribution in [0.4, 0.5) is 0 Å². The van der Waals surface area contributed by atoms with Crippen molar-refractivity contribution in [1.29, 1.82) is 0 Å². The van der Waals surface area contributed by atoms with Crippen molar-refractivity contribution in [3.05, 3.63) is 34.3 Å². The third-order valence-corrected chi connectivity index (χ3v) is 4.17. The number of likely N-dealkylation sites (tertiary alicyclic amines) is 1. The maximum absolute atomic E-state index is 3.68. The van der Waals surface area contributed by atoms with Crippen molar-refractivity contribution in [3.63, 3.8) is 0 Å². The Balaban J connectivity index is 1.81. The van der Waals surface area contributed by atoms with Crippen molar-refractivity contribution in [2.24, 2.45) is 0 Å². The van der Waals surface area contributed by atoms with Crippen molar-refractivity contribution in [1.82, 2.24) is 10.2 Å². The van der Waals surface area contributed by atoms with Gasteiger partial charge in [0, 0.05) is 23.6 Å². The molecule has 18 heavy (non-hydrogen) atoms. The molecule has 1 saturated heterocycles. The summed E-state index contributed by atoms with van der Waals surface area (Å²) < 4.78 is 1.17. The van der Waals surface area contributed by atoms with Crippen LogP contribution in [0.3, 0.4) is 0 Å². The van der Waals surface area contributed by atoms with Crippen LogP contribution >= 0.6 is 15.9 Å². The lowest BCUT2D eigenvalue weighted by molar-refractivity contribution is 0.326. The van der Waals surface area contributed by atoms with Gasteiger partial charge in [0.05, 0.1) is 0 Å². The van der Waals surface area contributed by atoms with E-state index in [0.717, 1.165) is 13.0 Å². The highest BCUT2D eigenvalue weighted by atomic mass is 79.9. The van der Waals surface area contributed by atoms with E-state index in [1.807, 2.05) is 0 Å². The number of benzene rings is 1. The van der Waals surface area contributed by atoms with E-state index in [4.69, 9.17) is 0 Å². The van der Waals surface area contributed by atoms with Gasteiger partial charge in [0.1, 0.15) is 0 Å². The second-order valence-corrected chi connectivity index (χ2v) is 5.93. The largest absolute Gasteiger partial charge is 0.309 e. The molecule has 1 N–H and O–H groups in total. The standard InChI is InChI=1S/C15H23BrN2/c1-2-15(13-6-5-7-14(16)12-13)17-8-11-18-9-3-4-10-18/h5-7,12,15,17H,2-4,8-11H2,1H3. The molecule has 0 amide bonds. The summed E-state index contributed by atoms with van der Waals surface area (Å²) in [4.78, 5) is 2.56. The Hall–Kier alpha value is -0.380. The highest BCUT2D eigenvalue weighted by Crippen LogP contribution is 2.20. The second kappa shape index (κ2) is 7.27. The van der Waals surface area contributed by atoms with Crippen molar-refractivity contribution in [2.45, 2.75) is 32.2 Å². The summed E-state index contributed by atoms with van der Waals surface area (Å²) in [5.74, 6) is 0. The molecule has 3 heteroatoms. The fraction of sp³-hybridized carbons (Fsp3) is 0.600. The summed E-state index contributed by atoms with van der Waals surface area (Å²) in [6, 6.07) is 9.11. The lowest BCUT2D eigenvalue weighted by atomic mass is 10.0. The first-order valence-electron chi connectivity index (χ1n) is 7.01. The van der Waals surface area contributed by atoms with Crippen LogP contribution in [0.25, 0.3) is 0 Å². The summed E-state index contributed by atoms with van der Waals surface area (Å²) in [5.41, 5.74) is 1.38. The maximum atomic E-state index is 3.68. The van der Waals surface area contributed by atoms with Crippen molar-refractivity contribution in [2.75, 3.05) is 26.2 Å². The van der Waals surface area contributed by atoms with E-state index in [9.17, 15) is 0 Å². The van der Waals surface area contributed by atoms with E-state index in [0.29, 0.717) is 6.04 Å². The van der Waals surface area contributed by atoms with E-state index >= 15 is 0 Å². The summed E-state index contributed by atoms with van der Waals surface area (Å²) in [6.45, 7) is 7.09. The molecular weight excluding hydrogens is 288 g/mol. The summed E-state index contributed by atoms with van der Waals surface area (Å²) in [7, 11) is 0. The molecule has 0 aromatic heterocycles. The van der Waals surface area contributed by atoms with E-state index in [2.05, 4.69) is 57.3 Å². The number of nitrogens with zero attached hydrogens (tertiary/aromatic N) is 1. The molecule has 2 nitrogen and oxygen atoms in total. The Morgan fingerprint density at radius 1 is 1.33 bits per heavy atom. The zero-order valence-corrected chi connectivity index (χ0v) is 12.7. The Kier molecular flexibility index (Phi) is 5.67. The SMILES string of the molecule is CCC(NCCN1CCCC1)c1cccc(Br)c1. The summed E-state index contributed by atoms with van der Waals surface area (Å²) in [5, 5.41) is 3.68. The van der Waals surface area contributed by atoms with Gasteiger partial charge >= 0.3 is 0 Å². The van der Waals surface area contributed by atoms with Gasteiger partial charge in [0.15, 0.2) is 0 Å². The first-order valence-corrected chi connectivity index (χ1v) is 7.80. The van der Waals surface area contributed by atoms with E-state index in [1.165, 1.54) is 42.5 Å². The molecule has 1 aliphatic rings. The molecule has 0 spiro atoms. The molecule has 1 aromatic carbocycles. The molecule has 1 heterocycles. The third kappa shape index (κ3) is 4.08. The molecule has 0 saturated carbocycles. The van der Waals surface area contributed by atoms with Gasteiger partial charge in [-0.25, -0.2) is 0 Å². The summed E-state index contributed by atoms with van der Waals surface area (Å²) in [6.07, 6.45) is 3.89. The minimum absolute atomic E-state index is 0.477. The van der Waals surface area contributed by atoms with E-state index in [-0.39, 0.29) is 0 Å². The number of rotatable bonds is 6. The highest BCUT2D eigenvalue weighted by molar-refractivity contribution is 9.10. The molecule has 1 aromatic rings. The Morgan fingerprint density at radius 2 is 2.11 bits per heavy atom. The first-order chi connectivity index (χ1) is 8.79. The second-order valence-electron chi connectivity index (χ2n) is 5.02. The minimum atomic E-state index is 0.477. The molecule has 0 bridgehead atoms. The maximum Gasteiger partial charge on any atom is 0.0318 e. The van der Waals surface area contributed by atoms with Gasteiger partial charge in [-0.3, -0.25) is 0 Å². The predicted octanol–water partition coefficient (Wildman–Crippen LogP) is 3.59. The zero-order valence-electron chi connectivity index (χ0n) is 11.2. The fourth-order valence-electron chi connectivity index (χ4n) is 2.62. The lowest BCUT2D eigenvalue weighted by Crippen LogP contribution is -2.32. The molecule has 100 valence electrons. The smallest absolute Gasteiger partial charge is 0.0318 e. The van der Waals surface area contributed by atoms with Crippen LogP contribution < -0.4 is 5.32 Å². The third-order valence-electron chi connectivity index (χ3n) is 3.68.